The van der Waals surface area contributed by atoms with Gasteiger partial charge < -0.3 is 48.1 Å². The quantitative estimate of drug-likeness (QED) is 0.0750. The van der Waals surface area contributed by atoms with Crippen LogP contribution in [0.3, 0.4) is 0 Å². The average molecular weight is 779 g/mol. The molecule has 0 radical (unpaired) electrons. The molecular weight excluding hydrogens is 720 g/mol. The molecule has 3 rings (SSSR count). The van der Waals surface area contributed by atoms with Crippen molar-refractivity contribution in [3.8, 4) is 0 Å². The predicted molar refractivity (Wildman–Crippen MR) is 209 cm³/mol. The van der Waals surface area contributed by atoms with Crippen LogP contribution in [0, 0.1) is 5.92 Å². The van der Waals surface area contributed by atoms with Gasteiger partial charge >= 0.3 is 5.97 Å². The number of nitrogens with one attached hydrogen (secondary N) is 5. The second-order valence-electron chi connectivity index (χ2n) is 14.6. The van der Waals surface area contributed by atoms with E-state index in [0.29, 0.717) is 49.8 Å². The van der Waals surface area contributed by atoms with E-state index in [2.05, 4.69) is 26.6 Å². The summed E-state index contributed by atoms with van der Waals surface area (Å²) in [6, 6.07) is 11.3. The summed E-state index contributed by atoms with van der Waals surface area (Å²) >= 11 is 0. The summed E-state index contributed by atoms with van der Waals surface area (Å²) < 4.78 is 0. The van der Waals surface area contributed by atoms with E-state index in [1.165, 1.54) is 11.8 Å². The number of amides is 6. The highest BCUT2D eigenvalue weighted by molar-refractivity contribution is 5.97. The lowest BCUT2D eigenvalue weighted by molar-refractivity contribution is -0.142. The van der Waals surface area contributed by atoms with E-state index >= 15 is 0 Å². The van der Waals surface area contributed by atoms with Crippen LogP contribution >= 0.6 is 0 Å². The molecule has 0 aliphatic carbocycles. The Bertz CT molecular complexity index is 1630. The summed E-state index contributed by atoms with van der Waals surface area (Å²) in [5.74, 6) is -4.82. The van der Waals surface area contributed by atoms with Crippen molar-refractivity contribution in [2.24, 2.45) is 17.4 Å². The van der Waals surface area contributed by atoms with Crippen molar-refractivity contribution >= 4 is 41.4 Å². The Morgan fingerprint density at radius 3 is 1.82 bits per heavy atom. The fourth-order valence-electron chi connectivity index (χ4n) is 6.54. The number of aliphatic carboxylic acids is 1. The van der Waals surface area contributed by atoms with Crippen molar-refractivity contribution in [2.75, 3.05) is 19.6 Å². The van der Waals surface area contributed by atoms with Gasteiger partial charge in [-0.15, -0.1) is 0 Å². The van der Waals surface area contributed by atoms with Crippen LogP contribution in [0.1, 0.15) is 70.4 Å². The van der Waals surface area contributed by atoms with E-state index in [4.69, 9.17) is 11.5 Å². The average Bonchev–Trinajstić information content (AvgIpc) is 3.67. The molecule has 0 bridgehead atoms. The zero-order chi connectivity index (χ0) is 41.2. The minimum Gasteiger partial charge on any atom is -0.480 e. The SMILES string of the molecule is CC(C)C[C@H](NC(=O)[C@H](C)NC(=O)[C@@H]1CCCN1C(=O)[C@H](CCCCN)NC(=O)CN)C(=O)N[C@@H](Cc1ccccc1)C(=O)N[C@@H](Cc1ccccc1)C(=O)O. The summed E-state index contributed by atoms with van der Waals surface area (Å²) in [5.41, 5.74) is 12.5. The molecule has 2 aromatic carbocycles. The van der Waals surface area contributed by atoms with Crippen LogP contribution in [0.2, 0.25) is 0 Å². The van der Waals surface area contributed by atoms with Crippen molar-refractivity contribution in [1.29, 1.82) is 0 Å². The molecule has 6 atom stereocenters. The highest BCUT2D eigenvalue weighted by Crippen LogP contribution is 2.20. The van der Waals surface area contributed by atoms with Crippen LogP contribution in [0.15, 0.2) is 60.7 Å². The molecule has 0 unspecified atom stereocenters. The Balaban J connectivity index is 1.72. The summed E-state index contributed by atoms with van der Waals surface area (Å²) in [6.45, 7) is 5.59. The van der Waals surface area contributed by atoms with Gasteiger partial charge in [-0.3, -0.25) is 28.8 Å². The molecule has 1 aliphatic heterocycles. The number of rotatable bonds is 22. The summed E-state index contributed by atoms with van der Waals surface area (Å²) in [6.07, 6.45) is 2.71. The molecule has 56 heavy (non-hydrogen) atoms. The third kappa shape index (κ3) is 14.4. The maximum Gasteiger partial charge on any atom is 0.326 e. The number of carbonyl (C=O) groups is 7. The van der Waals surface area contributed by atoms with Gasteiger partial charge in [0.25, 0.3) is 0 Å². The molecule has 6 amide bonds. The fourth-order valence-corrected chi connectivity index (χ4v) is 6.54. The Labute approximate surface area is 328 Å². The molecule has 0 saturated carbocycles. The maximum atomic E-state index is 13.9. The Hall–Kier alpha value is -5.35. The standard InChI is InChI=1S/C40H58N8O8/c1-25(2)21-30(36(51)46-31(22-27-13-6-4-7-14-27)37(52)47-32(40(55)56)23-28-15-8-5-9-16-28)45-35(50)26(3)43-38(53)33-18-12-20-48(33)39(54)29(17-10-11-19-41)44-34(49)24-42/h4-9,13-16,25-26,29-33H,10-12,17-24,41-42H2,1-3H3,(H,43,53)(H,44,49)(H,45,50)(H,46,51)(H,47,52)(H,55,56)/t26-,29-,30-,31-,32-,33-/m0/s1. The van der Waals surface area contributed by atoms with Crippen LogP contribution in [-0.4, -0.2) is 107 Å². The normalized spacial score (nSPS) is 16.5. The zero-order valence-electron chi connectivity index (χ0n) is 32.5. The first-order chi connectivity index (χ1) is 26.7. The molecule has 16 nitrogen and oxygen atoms in total. The second-order valence-corrected chi connectivity index (χ2v) is 14.6. The second kappa shape index (κ2) is 22.9. The van der Waals surface area contributed by atoms with E-state index in [1.54, 1.807) is 60.7 Å². The molecule has 10 N–H and O–H groups in total. The van der Waals surface area contributed by atoms with Crippen molar-refractivity contribution in [2.45, 2.75) is 108 Å². The number of unbranched alkanes of at least 4 members (excludes halogenated alkanes) is 1. The summed E-state index contributed by atoms with van der Waals surface area (Å²) in [7, 11) is 0. The minimum absolute atomic E-state index is 0.0244. The van der Waals surface area contributed by atoms with Gasteiger partial charge in [0, 0.05) is 19.4 Å². The van der Waals surface area contributed by atoms with Gasteiger partial charge in [-0.1, -0.05) is 74.5 Å². The van der Waals surface area contributed by atoms with E-state index in [1.807, 2.05) is 13.8 Å². The topological polar surface area (TPSA) is 255 Å². The molecule has 1 fully saturated rings. The van der Waals surface area contributed by atoms with E-state index in [-0.39, 0.29) is 38.3 Å². The summed E-state index contributed by atoms with van der Waals surface area (Å²) in [4.78, 5) is 93.8. The molecule has 2 aromatic rings. The van der Waals surface area contributed by atoms with E-state index in [9.17, 15) is 38.7 Å². The number of hydrogen-bond donors (Lipinski definition) is 8. The number of nitrogens with two attached hydrogens (primary N) is 2. The third-order valence-electron chi connectivity index (χ3n) is 9.51. The lowest BCUT2D eigenvalue weighted by Gasteiger charge is -2.30. The Morgan fingerprint density at radius 2 is 1.27 bits per heavy atom. The number of likely N-dealkylation sites (tertiary alicyclic amines) is 1. The monoisotopic (exact) mass is 778 g/mol. The first-order valence-electron chi connectivity index (χ1n) is 19.3. The minimum atomic E-state index is -1.27. The van der Waals surface area contributed by atoms with Gasteiger partial charge in [0.05, 0.1) is 6.54 Å². The van der Waals surface area contributed by atoms with Gasteiger partial charge in [0.15, 0.2) is 0 Å². The number of nitrogens with zero attached hydrogens (tertiary/aromatic N) is 1. The summed E-state index contributed by atoms with van der Waals surface area (Å²) in [5, 5.41) is 23.3. The smallest absolute Gasteiger partial charge is 0.326 e. The molecule has 16 heteroatoms. The number of hydrogen-bond acceptors (Lipinski definition) is 9. The highest BCUT2D eigenvalue weighted by atomic mass is 16.4. The molecular formula is C40H58N8O8. The first kappa shape index (κ1) is 45.0. The predicted octanol–water partition coefficient (Wildman–Crippen LogP) is 0.125. The van der Waals surface area contributed by atoms with E-state index < -0.39 is 77.7 Å². The largest absolute Gasteiger partial charge is 0.480 e. The molecule has 1 heterocycles. The van der Waals surface area contributed by atoms with Crippen LogP contribution in [0.5, 0.6) is 0 Å². The van der Waals surface area contributed by atoms with Gasteiger partial charge in [-0.05, 0) is 69.0 Å². The molecule has 0 aromatic heterocycles. The molecule has 0 spiro atoms. The van der Waals surface area contributed by atoms with Gasteiger partial charge in [-0.25, -0.2) is 4.79 Å². The fraction of sp³-hybridized carbons (Fsp3) is 0.525. The Morgan fingerprint density at radius 1 is 0.714 bits per heavy atom. The number of carboxylic acid groups (broad SMARTS) is 1. The van der Waals surface area contributed by atoms with Crippen molar-refractivity contribution < 1.29 is 38.7 Å². The number of carboxylic acids is 1. The first-order valence-corrected chi connectivity index (χ1v) is 19.3. The number of carbonyl (C=O) groups excluding carboxylic acids is 6. The highest BCUT2D eigenvalue weighted by Gasteiger charge is 2.39. The van der Waals surface area contributed by atoms with Crippen molar-refractivity contribution in [3.63, 3.8) is 0 Å². The Kier molecular flexibility index (Phi) is 18.4. The van der Waals surface area contributed by atoms with Crippen LogP contribution in [0.25, 0.3) is 0 Å². The van der Waals surface area contributed by atoms with Crippen LogP contribution < -0.4 is 38.1 Å². The van der Waals surface area contributed by atoms with Gasteiger partial charge in [0.2, 0.25) is 35.4 Å². The van der Waals surface area contributed by atoms with Crippen LogP contribution in [-0.2, 0) is 46.4 Å². The zero-order valence-corrected chi connectivity index (χ0v) is 32.5. The lowest BCUT2D eigenvalue weighted by Crippen LogP contribution is -2.59. The van der Waals surface area contributed by atoms with Crippen molar-refractivity contribution in [3.05, 3.63) is 71.8 Å². The van der Waals surface area contributed by atoms with Gasteiger partial charge in [0.1, 0.15) is 36.3 Å². The third-order valence-corrected chi connectivity index (χ3v) is 9.51. The van der Waals surface area contributed by atoms with Gasteiger partial charge in [-0.2, -0.15) is 0 Å². The number of benzene rings is 2. The molecule has 1 aliphatic rings. The van der Waals surface area contributed by atoms with Crippen LogP contribution in [0.4, 0.5) is 0 Å². The lowest BCUT2D eigenvalue weighted by atomic mass is 10.00. The van der Waals surface area contributed by atoms with E-state index in [0.717, 1.165) is 0 Å². The van der Waals surface area contributed by atoms with Crippen molar-refractivity contribution in [1.82, 2.24) is 31.5 Å². The molecule has 306 valence electrons. The maximum absolute atomic E-state index is 13.9. The molecule has 1 saturated heterocycles.